The minimum atomic E-state index is -1.79. The standard InChI is InChI=1S/C41H79N3O11/c1-17-29-41(13,49)34(46)26(6)43(14)21-22(2)19-39(11,48)35(55-37-31(45)28(18-23(3)51-37)44(15)38(8,9)10)24(4)32(25(5)36(47)53-29)54-30-20-40(12,50-16)33(42)27(7)52-30/h22-35,37,45-46,48-49H,17-21,42H2,1-16H3/t22-,23-,24+,25-,26-,27+,28+,29-,30+,31-,32+,33+,34-,35-,37+,39-,40-,41-/m1/s1. The van der Waals surface area contributed by atoms with Crippen molar-refractivity contribution in [3.05, 3.63) is 0 Å². The van der Waals surface area contributed by atoms with Gasteiger partial charge in [-0.15, -0.1) is 0 Å². The van der Waals surface area contributed by atoms with Crippen LogP contribution in [0, 0.1) is 17.8 Å². The fourth-order valence-corrected chi connectivity index (χ4v) is 9.15. The summed E-state index contributed by atoms with van der Waals surface area (Å²) in [7, 11) is 5.42. The number of nitrogens with two attached hydrogens (primary N) is 1. The van der Waals surface area contributed by atoms with E-state index in [1.165, 1.54) is 6.92 Å². The molecule has 3 heterocycles. The van der Waals surface area contributed by atoms with Crippen molar-refractivity contribution in [1.82, 2.24) is 9.80 Å². The Morgan fingerprint density at radius 2 is 1.60 bits per heavy atom. The third-order valence-electron chi connectivity index (χ3n) is 13.2. The van der Waals surface area contributed by atoms with Gasteiger partial charge in [-0.3, -0.25) is 9.69 Å². The highest BCUT2D eigenvalue weighted by atomic mass is 16.7. The van der Waals surface area contributed by atoms with E-state index in [2.05, 4.69) is 25.7 Å². The number of rotatable bonds is 7. The topological polar surface area (TPSA) is 186 Å². The van der Waals surface area contributed by atoms with E-state index in [-0.39, 0.29) is 42.9 Å². The van der Waals surface area contributed by atoms with Crippen molar-refractivity contribution >= 4 is 5.97 Å². The fraction of sp³-hybridized carbons (Fsp3) is 0.976. The summed E-state index contributed by atoms with van der Waals surface area (Å²) in [5, 5.41) is 47.9. The molecular formula is C41H79N3O11. The summed E-state index contributed by atoms with van der Waals surface area (Å²) in [4.78, 5) is 18.4. The summed E-state index contributed by atoms with van der Waals surface area (Å²) in [5.74, 6) is -2.51. The maximum Gasteiger partial charge on any atom is 0.311 e. The van der Waals surface area contributed by atoms with Crippen molar-refractivity contribution < 1.29 is 53.6 Å². The first-order valence-corrected chi connectivity index (χ1v) is 20.5. The molecule has 0 aromatic rings. The lowest BCUT2D eigenvalue weighted by Gasteiger charge is -2.50. The first-order valence-electron chi connectivity index (χ1n) is 20.5. The Balaban J connectivity index is 2.19. The molecule has 3 fully saturated rings. The Kier molecular flexibility index (Phi) is 16.3. The molecule has 0 radical (unpaired) electrons. The zero-order valence-corrected chi connectivity index (χ0v) is 36.8. The summed E-state index contributed by atoms with van der Waals surface area (Å²) in [5.41, 5.74) is 2.11. The average Bonchev–Trinajstić information content (AvgIpc) is 3.08. The van der Waals surface area contributed by atoms with E-state index in [9.17, 15) is 25.2 Å². The number of aliphatic hydroxyl groups is 4. The molecule has 0 saturated carbocycles. The number of carbonyl (C=O) groups excluding carboxylic acids is 1. The Bertz CT molecular complexity index is 1230. The summed E-state index contributed by atoms with van der Waals surface area (Å²) in [6.45, 7) is 24.7. The van der Waals surface area contributed by atoms with Gasteiger partial charge in [-0.2, -0.15) is 0 Å². The highest BCUT2D eigenvalue weighted by molar-refractivity contribution is 5.73. The van der Waals surface area contributed by atoms with Gasteiger partial charge in [0.25, 0.3) is 0 Å². The van der Waals surface area contributed by atoms with E-state index >= 15 is 0 Å². The zero-order valence-electron chi connectivity index (χ0n) is 36.8. The van der Waals surface area contributed by atoms with Crippen molar-refractivity contribution in [3.8, 4) is 0 Å². The highest BCUT2D eigenvalue weighted by Gasteiger charge is 2.53. The molecule has 0 amide bonds. The molecule has 55 heavy (non-hydrogen) atoms. The van der Waals surface area contributed by atoms with Gasteiger partial charge in [-0.25, -0.2) is 0 Å². The number of ether oxygens (including phenoxy) is 6. The van der Waals surface area contributed by atoms with Gasteiger partial charge in [0, 0.05) is 43.6 Å². The molecule has 14 heteroatoms. The maximum absolute atomic E-state index is 14.3. The summed E-state index contributed by atoms with van der Waals surface area (Å²) < 4.78 is 38.2. The van der Waals surface area contributed by atoms with Crippen molar-refractivity contribution in [3.63, 3.8) is 0 Å². The number of hydrogen-bond donors (Lipinski definition) is 5. The van der Waals surface area contributed by atoms with Crippen LogP contribution in [-0.2, 0) is 33.2 Å². The molecule has 0 spiro atoms. The van der Waals surface area contributed by atoms with Gasteiger partial charge in [0.15, 0.2) is 12.6 Å². The van der Waals surface area contributed by atoms with Gasteiger partial charge >= 0.3 is 5.97 Å². The number of likely N-dealkylation sites (N-methyl/N-ethyl adjacent to an activating group) is 2. The molecule has 0 unspecified atom stereocenters. The van der Waals surface area contributed by atoms with E-state index in [1.807, 2.05) is 60.5 Å². The first-order chi connectivity index (χ1) is 25.1. The smallest absolute Gasteiger partial charge is 0.311 e. The second-order valence-corrected chi connectivity index (χ2v) is 19.1. The minimum absolute atomic E-state index is 0.137. The predicted molar refractivity (Wildman–Crippen MR) is 210 cm³/mol. The lowest BCUT2D eigenvalue weighted by molar-refractivity contribution is -0.312. The second-order valence-electron chi connectivity index (χ2n) is 19.1. The molecule has 0 aromatic carbocycles. The summed E-state index contributed by atoms with van der Waals surface area (Å²) in [6.07, 6.45) is -6.80. The lowest BCUT2D eigenvalue weighted by atomic mass is 9.77. The Morgan fingerprint density at radius 1 is 1.00 bits per heavy atom. The highest BCUT2D eigenvalue weighted by Crippen LogP contribution is 2.40. The number of carbonyl (C=O) groups is 1. The van der Waals surface area contributed by atoms with E-state index < -0.39 is 95.9 Å². The zero-order chi connectivity index (χ0) is 42.2. The number of aliphatic hydroxyl groups excluding tert-OH is 2. The van der Waals surface area contributed by atoms with Crippen LogP contribution in [0.2, 0.25) is 0 Å². The van der Waals surface area contributed by atoms with Crippen LogP contribution in [0.25, 0.3) is 0 Å². The molecule has 0 bridgehead atoms. The van der Waals surface area contributed by atoms with Gasteiger partial charge in [-0.05, 0) is 109 Å². The van der Waals surface area contributed by atoms with E-state index in [1.54, 1.807) is 27.9 Å². The van der Waals surface area contributed by atoms with Crippen molar-refractivity contribution in [2.75, 3.05) is 27.7 Å². The first kappa shape index (κ1) is 48.4. The normalized spacial score (nSPS) is 47.9. The molecule has 3 saturated heterocycles. The summed E-state index contributed by atoms with van der Waals surface area (Å²) in [6, 6.07) is -1.28. The third kappa shape index (κ3) is 11.0. The van der Waals surface area contributed by atoms with Gasteiger partial charge in [0.1, 0.15) is 23.9 Å². The Hall–Kier alpha value is -1.01. The molecule has 3 aliphatic rings. The number of methoxy groups -OCH3 is 1. The molecule has 6 N–H and O–H groups in total. The quantitative estimate of drug-likeness (QED) is 0.237. The Labute approximate surface area is 331 Å². The maximum atomic E-state index is 14.3. The molecule has 0 aliphatic carbocycles. The number of hydrogen-bond acceptors (Lipinski definition) is 14. The monoisotopic (exact) mass is 790 g/mol. The van der Waals surface area contributed by atoms with Crippen LogP contribution >= 0.6 is 0 Å². The van der Waals surface area contributed by atoms with Gasteiger partial charge in [0.2, 0.25) is 0 Å². The average molecular weight is 790 g/mol. The summed E-state index contributed by atoms with van der Waals surface area (Å²) >= 11 is 0. The largest absolute Gasteiger partial charge is 0.459 e. The van der Waals surface area contributed by atoms with E-state index in [0.717, 1.165) is 0 Å². The van der Waals surface area contributed by atoms with E-state index in [0.29, 0.717) is 13.0 Å². The SMILES string of the molecule is CC[C@H]1OC(=O)[C@H](C)[C@@H](O[C@H]2C[C@@](C)(OC)[C@@H](N)[C@H](C)O2)[C@H](C)[C@@H](O[C@@H]2O[C@H](C)C[C@H](N(C)C(C)(C)C)[C@H]2O)[C@](C)(O)C[C@@H](C)CN(C)[C@H](C)[C@@H](O)[C@]1(C)O. The molecule has 14 nitrogen and oxygen atoms in total. The fourth-order valence-electron chi connectivity index (χ4n) is 9.15. The molecule has 18 atom stereocenters. The van der Waals surface area contributed by atoms with Crippen molar-refractivity contribution in [2.24, 2.45) is 23.5 Å². The van der Waals surface area contributed by atoms with Crippen LogP contribution in [0.15, 0.2) is 0 Å². The van der Waals surface area contributed by atoms with Gasteiger partial charge in [-0.1, -0.05) is 20.8 Å². The third-order valence-corrected chi connectivity index (χ3v) is 13.2. The molecular weight excluding hydrogens is 710 g/mol. The number of nitrogens with zero attached hydrogens (tertiary/aromatic N) is 2. The predicted octanol–water partition coefficient (Wildman–Crippen LogP) is 3.04. The van der Waals surface area contributed by atoms with Crippen LogP contribution in [0.5, 0.6) is 0 Å². The molecule has 3 aliphatic heterocycles. The lowest BCUT2D eigenvalue weighted by Crippen LogP contribution is -2.63. The second kappa shape index (κ2) is 18.5. The van der Waals surface area contributed by atoms with Crippen LogP contribution < -0.4 is 5.73 Å². The van der Waals surface area contributed by atoms with Crippen LogP contribution in [0.1, 0.15) is 116 Å². The van der Waals surface area contributed by atoms with Crippen molar-refractivity contribution in [1.29, 1.82) is 0 Å². The van der Waals surface area contributed by atoms with Crippen LogP contribution in [0.3, 0.4) is 0 Å². The molecule has 0 aromatic heterocycles. The van der Waals surface area contributed by atoms with Crippen LogP contribution in [0.4, 0.5) is 0 Å². The van der Waals surface area contributed by atoms with E-state index in [4.69, 9.17) is 34.2 Å². The van der Waals surface area contributed by atoms with Crippen molar-refractivity contribution in [2.45, 2.75) is 211 Å². The Morgan fingerprint density at radius 3 is 2.15 bits per heavy atom. The minimum Gasteiger partial charge on any atom is -0.459 e. The van der Waals surface area contributed by atoms with Gasteiger partial charge < -0.3 is 59.5 Å². The molecule has 3 rings (SSSR count). The van der Waals surface area contributed by atoms with Crippen LogP contribution in [-0.4, -0.2) is 160 Å². The number of cyclic esters (lactones) is 1. The number of esters is 1. The van der Waals surface area contributed by atoms with Gasteiger partial charge in [0.05, 0.1) is 47.6 Å². The molecule has 324 valence electrons.